The van der Waals surface area contributed by atoms with Crippen molar-refractivity contribution >= 4 is 17.3 Å². The minimum absolute atomic E-state index is 0.0481. The zero-order valence-electron chi connectivity index (χ0n) is 15.1. The topological polar surface area (TPSA) is 73.3 Å². The summed E-state index contributed by atoms with van der Waals surface area (Å²) in [6, 6.07) is 1.65. The van der Waals surface area contributed by atoms with Crippen LogP contribution in [0.5, 0.6) is 0 Å². The fourth-order valence-electron chi connectivity index (χ4n) is 3.79. The van der Waals surface area contributed by atoms with Crippen molar-refractivity contribution in [1.29, 1.82) is 0 Å². The highest BCUT2D eigenvalue weighted by atomic mass is 19.4. The lowest BCUT2D eigenvalue weighted by Gasteiger charge is -2.25. The average Bonchev–Trinajstić information content (AvgIpc) is 3.10. The Morgan fingerprint density at radius 2 is 1.86 bits per heavy atom. The van der Waals surface area contributed by atoms with Gasteiger partial charge in [-0.25, -0.2) is 4.98 Å². The van der Waals surface area contributed by atoms with Crippen LogP contribution in [0.4, 0.5) is 13.2 Å². The van der Waals surface area contributed by atoms with Crippen LogP contribution < -0.4 is 0 Å². The predicted molar refractivity (Wildman–Crippen MR) is 91.0 cm³/mol. The van der Waals surface area contributed by atoms with E-state index in [1.807, 2.05) is 0 Å². The van der Waals surface area contributed by atoms with Gasteiger partial charge in [0.25, 0.3) is 0 Å². The lowest BCUT2D eigenvalue weighted by atomic mass is 9.75. The van der Waals surface area contributed by atoms with E-state index in [0.717, 1.165) is 6.07 Å². The number of alkyl halides is 3. The summed E-state index contributed by atoms with van der Waals surface area (Å²) in [6.07, 6.45) is -3.11. The van der Waals surface area contributed by atoms with Crippen molar-refractivity contribution in [3.05, 3.63) is 29.1 Å². The van der Waals surface area contributed by atoms with Crippen LogP contribution in [0.1, 0.15) is 47.9 Å². The lowest BCUT2D eigenvalue weighted by molar-refractivity contribution is -0.141. The first-order valence-electron chi connectivity index (χ1n) is 8.90. The molecular weight excluding hydrogens is 375 g/mol. The van der Waals surface area contributed by atoms with Gasteiger partial charge in [0.05, 0.1) is 12.3 Å². The van der Waals surface area contributed by atoms with Gasteiger partial charge in [-0.05, 0) is 38.3 Å². The smallest absolute Gasteiger partial charge is 0.362 e. The second-order valence-corrected chi connectivity index (χ2v) is 6.92. The van der Waals surface area contributed by atoms with Gasteiger partial charge in [0, 0.05) is 17.4 Å². The highest BCUT2D eigenvalue weighted by molar-refractivity contribution is 6.26. The summed E-state index contributed by atoms with van der Waals surface area (Å²) < 4.78 is 44.2. The van der Waals surface area contributed by atoms with Crippen LogP contribution in [0.2, 0.25) is 0 Å². The molecule has 2 saturated carbocycles. The molecule has 0 radical (unpaired) electrons. The van der Waals surface area contributed by atoms with Crippen LogP contribution in [-0.4, -0.2) is 28.9 Å². The Balaban J connectivity index is 1.94. The first-order chi connectivity index (χ1) is 13.2. The number of carbonyl (C=O) groups is 3. The van der Waals surface area contributed by atoms with Crippen LogP contribution in [0.15, 0.2) is 12.1 Å². The van der Waals surface area contributed by atoms with E-state index >= 15 is 0 Å². The molecule has 2 fully saturated rings. The van der Waals surface area contributed by atoms with Crippen molar-refractivity contribution in [3.63, 3.8) is 0 Å². The number of rotatable bonds is 5. The molecule has 2 atom stereocenters. The van der Waals surface area contributed by atoms with Gasteiger partial charge in [0.1, 0.15) is 18.2 Å². The van der Waals surface area contributed by atoms with Gasteiger partial charge in [0.2, 0.25) is 0 Å². The second-order valence-electron chi connectivity index (χ2n) is 6.92. The third-order valence-corrected chi connectivity index (χ3v) is 5.19. The number of ketones is 3. The molecule has 0 aliphatic heterocycles. The third-order valence-electron chi connectivity index (χ3n) is 5.19. The molecule has 2 aliphatic rings. The number of Topliss-reactive ketones (excluding diaryl/α,β-unsaturated/α-hetero) is 3. The summed E-state index contributed by atoms with van der Waals surface area (Å²) in [5.41, 5.74) is -1.62. The Hall–Kier alpha value is -2.53. The Bertz CT molecular complexity index is 860. The van der Waals surface area contributed by atoms with E-state index < -0.39 is 35.1 Å². The second kappa shape index (κ2) is 7.84. The molecule has 1 aromatic heterocycles. The summed E-state index contributed by atoms with van der Waals surface area (Å²) in [4.78, 5) is 41.6. The van der Waals surface area contributed by atoms with Gasteiger partial charge in [-0.2, -0.15) is 13.2 Å². The van der Waals surface area contributed by atoms with Crippen molar-refractivity contribution in [2.75, 3.05) is 6.61 Å². The van der Waals surface area contributed by atoms with Gasteiger partial charge in [-0.15, -0.1) is 5.92 Å². The van der Waals surface area contributed by atoms with E-state index in [4.69, 9.17) is 4.74 Å². The number of nitrogens with zero attached hydrogens (tertiary/aromatic N) is 1. The number of hydrogen-bond donors (Lipinski definition) is 0. The van der Waals surface area contributed by atoms with Crippen molar-refractivity contribution in [3.8, 4) is 11.8 Å². The molecule has 0 saturated heterocycles. The molecule has 1 aromatic rings. The van der Waals surface area contributed by atoms with E-state index in [1.54, 1.807) is 6.92 Å². The molecule has 5 nitrogen and oxygen atoms in total. The minimum Gasteiger partial charge on any atom is -0.362 e. The molecule has 2 unspecified atom stereocenters. The maximum Gasteiger partial charge on any atom is 0.433 e. The Kier molecular flexibility index (Phi) is 5.66. The molecule has 28 heavy (non-hydrogen) atoms. The van der Waals surface area contributed by atoms with Crippen LogP contribution >= 0.6 is 0 Å². The maximum atomic E-state index is 13.0. The van der Waals surface area contributed by atoms with Crippen molar-refractivity contribution in [1.82, 2.24) is 4.98 Å². The highest BCUT2D eigenvalue weighted by Gasteiger charge is 2.50. The van der Waals surface area contributed by atoms with Gasteiger partial charge in [0.15, 0.2) is 17.3 Å². The zero-order valence-corrected chi connectivity index (χ0v) is 15.1. The normalized spacial score (nSPS) is 24.1. The third kappa shape index (κ3) is 3.85. The first-order valence-corrected chi connectivity index (χ1v) is 8.90. The molecular formula is C20H18F3NO4. The number of carbonyl (C=O) groups excluding carboxylic acids is 3. The zero-order chi connectivity index (χ0) is 20.5. The van der Waals surface area contributed by atoms with Crippen molar-refractivity contribution in [2.24, 2.45) is 17.8 Å². The predicted octanol–water partition coefficient (Wildman–Crippen LogP) is 3.01. The Labute approximate surface area is 159 Å². The number of ether oxygens (including phenoxy) is 1. The van der Waals surface area contributed by atoms with Crippen LogP contribution in [0.3, 0.4) is 0 Å². The Morgan fingerprint density at radius 1 is 1.21 bits per heavy atom. The molecule has 8 heteroatoms. The quantitative estimate of drug-likeness (QED) is 0.333. The molecule has 3 rings (SSSR count). The van der Waals surface area contributed by atoms with E-state index in [1.165, 1.54) is 0 Å². The molecule has 0 N–H and O–H groups in total. The fourth-order valence-corrected chi connectivity index (χ4v) is 3.79. The molecule has 1 heterocycles. The van der Waals surface area contributed by atoms with E-state index in [9.17, 15) is 27.6 Å². The summed E-state index contributed by atoms with van der Waals surface area (Å²) in [5.74, 6) is 1.37. The monoisotopic (exact) mass is 393 g/mol. The van der Waals surface area contributed by atoms with E-state index in [-0.39, 0.29) is 36.3 Å². The summed E-state index contributed by atoms with van der Waals surface area (Å²) in [7, 11) is 0. The first kappa shape index (κ1) is 20.2. The van der Waals surface area contributed by atoms with Gasteiger partial charge in [-0.1, -0.05) is 5.92 Å². The van der Waals surface area contributed by atoms with Gasteiger partial charge >= 0.3 is 6.18 Å². The Morgan fingerprint density at radius 3 is 2.43 bits per heavy atom. The summed E-state index contributed by atoms with van der Waals surface area (Å²) in [5, 5.41) is 0. The minimum atomic E-state index is -4.70. The SMILES string of the molecule is CC#CCOCc1nc(C(F)(F)F)ccc1C(=O)C1C(=O)C2CCC(C2)C1=O. The molecule has 2 bridgehead atoms. The van der Waals surface area contributed by atoms with Crippen LogP contribution in [0, 0.1) is 29.6 Å². The van der Waals surface area contributed by atoms with Crippen molar-refractivity contribution < 1.29 is 32.3 Å². The summed E-state index contributed by atoms with van der Waals surface area (Å²) in [6.45, 7) is 1.14. The van der Waals surface area contributed by atoms with Crippen molar-refractivity contribution in [2.45, 2.75) is 39.0 Å². The molecule has 0 aromatic carbocycles. The van der Waals surface area contributed by atoms with Crippen LogP contribution in [0.25, 0.3) is 0 Å². The number of pyridine rings is 1. The molecule has 2 aliphatic carbocycles. The molecule has 0 amide bonds. The van der Waals surface area contributed by atoms with E-state index in [0.29, 0.717) is 25.3 Å². The van der Waals surface area contributed by atoms with Gasteiger partial charge in [-0.3, -0.25) is 14.4 Å². The van der Waals surface area contributed by atoms with Crippen LogP contribution in [-0.2, 0) is 27.1 Å². The number of hydrogen-bond acceptors (Lipinski definition) is 5. The largest absolute Gasteiger partial charge is 0.433 e. The number of halogens is 3. The number of fused-ring (bicyclic) bond motifs is 2. The average molecular weight is 393 g/mol. The standard InChI is InChI=1S/C20H18F3NO4/c1-2-3-8-28-10-14-13(6-7-15(24-14)20(21,22)23)19(27)16-17(25)11-4-5-12(9-11)18(16)26/h6-7,11-12,16H,4-5,8-10H2,1H3. The fraction of sp³-hybridized carbons (Fsp3) is 0.500. The molecule has 0 spiro atoms. The van der Waals surface area contributed by atoms with Gasteiger partial charge < -0.3 is 4.74 Å². The summed E-state index contributed by atoms with van der Waals surface area (Å²) >= 11 is 0. The molecule has 148 valence electrons. The van der Waals surface area contributed by atoms with E-state index in [2.05, 4.69) is 16.8 Å². The number of aromatic nitrogens is 1. The highest BCUT2D eigenvalue weighted by Crippen LogP contribution is 2.41. The maximum absolute atomic E-state index is 13.0. The lowest BCUT2D eigenvalue weighted by Crippen LogP contribution is -2.42.